The normalized spacial score (nSPS) is 27.0. The van der Waals surface area contributed by atoms with E-state index in [4.69, 9.17) is 18.9 Å². The predicted octanol–water partition coefficient (Wildman–Crippen LogP) is 0.418. The van der Waals surface area contributed by atoms with Crippen molar-refractivity contribution in [2.45, 2.75) is 102 Å². The van der Waals surface area contributed by atoms with E-state index in [0.717, 1.165) is 25.7 Å². The average Bonchev–Trinajstić information content (AvgIpc) is 2.76. The summed E-state index contributed by atoms with van der Waals surface area (Å²) in [7, 11) is 0. The molecule has 0 unspecified atom stereocenters. The summed E-state index contributed by atoms with van der Waals surface area (Å²) in [6, 6.07) is 0. The Hall–Kier alpha value is -1.30. The molecule has 31 heavy (non-hydrogen) atoms. The predicted molar refractivity (Wildman–Crippen MR) is 109 cm³/mol. The van der Waals surface area contributed by atoms with Crippen molar-refractivity contribution in [2.75, 3.05) is 19.8 Å². The number of carbonyl (C=O) groups is 2. The second-order valence-electron chi connectivity index (χ2n) is 7.74. The van der Waals surface area contributed by atoms with Crippen molar-refractivity contribution < 1.29 is 49.0 Å². The molecular weight excluding hydrogens is 412 g/mol. The van der Waals surface area contributed by atoms with Gasteiger partial charge < -0.3 is 39.4 Å². The maximum absolute atomic E-state index is 11.8. The van der Waals surface area contributed by atoms with Gasteiger partial charge in [-0.05, 0) is 12.8 Å². The number of hydrogen-bond acceptors (Lipinski definition) is 10. The van der Waals surface area contributed by atoms with E-state index < -0.39 is 55.4 Å². The fourth-order valence-electron chi connectivity index (χ4n) is 3.04. The number of esters is 2. The molecule has 0 spiro atoms. The summed E-state index contributed by atoms with van der Waals surface area (Å²) >= 11 is 0. The highest BCUT2D eigenvalue weighted by atomic mass is 16.7. The van der Waals surface area contributed by atoms with Crippen LogP contribution in [0.2, 0.25) is 0 Å². The maximum atomic E-state index is 11.8. The Morgan fingerprint density at radius 3 is 2.00 bits per heavy atom. The third kappa shape index (κ3) is 10.2. The maximum Gasteiger partial charge on any atom is 0.305 e. The molecule has 182 valence electrons. The summed E-state index contributed by atoms with van der Waals surface area (Å²) in [5, 5.41) is 39.9. The van der Waals surface area contributed by atoms with Crippen LogP contribution >= 0.6 is 0 Å². The van der Waals surface area contributed by atoms with Crippen LogP contribution in [0.4, 0.5) is 0 Å². The quantitative estimate of drug-likeness (QED) is 0.204. The van der Waals surface area contributed by atoms with Gasteiger partial charge in [-0.15, -0.1) is 0 Å². The molecule has 0 amide bonds. The molecule has 4 N–H and O–H groups in total. The Morgan fingerprint density at radius 2 is 1.45 bits per heavy atom. The molecule has 1 rings (SSSR count). The van der Waals surface area contributed by atoms with Crippen LogP contribution in [0.5, 0.6) is 0 Å². The second kappa shape index (κ2) is 15.5. The zero-order valence-electron chi connectivity index (χ0n) is 18.5. The third-order valence-corrected chi connectivity index (χ3v) is 5.01. The van der Waals surface area contributed by atoms with Crippen LogP contribution in [-0.2, 0) is 28.5 Å². The standard InChI is InChI=1S/C21H38O10/c1-3-5-7-9-16(23)28-12-14(11-22)30-21-20(27)19(26)18(25)15(31-21)13-29-17(24)10-8-6-4-2/h14-15,18-22,25-27H,3-13H2,1-2H3/t14-,15+,18+,19-,20+,21+/m0/s1. The van der Waals surface area contributed by atoms with Crippen LogP contribution < -0.4 is 0 Å². The molecule has 1 aliphatic rings. The molecule has 1 heterocycles. The molecule has 0 aromatic carbocycles. The van der Waals surface area contributed by atoms with Crippen molar-refractivity contribution in [3.05, 3.63) is 0 Å². The molecule has 10 heteroatoms. The van der Waals surface area contributed by atoms with Crippen LogP contribution in [0.3, 0.4) is 0 Å². The Kier molecular flexibility index (Phi) is 13.9. The van der Waals surface area contributed by atoms with E-state index in [-0.39, 0.29) is 26.1 Å². The Balaban J connectivity index is 2.54. The third-order valence-electron chi connectivity index (χ3n) is 5.01. The van der Waals surface area contributed by atoms with Crippen molar-refractivity contribution in [3.8, 4) is 0 Å². The minimum absolute atomic E-state index is 0.234. The summed E-state index contributed by atoms with van der Waals surface area (Å²) in [5.41, 5.74) is 0. The van der Waals surface area contributed by atoms with Crippen molar-refractivity contribution >= 4 is 11.9 Å². The van der Waals surface area contributed by atoms with E-state index in [0.29, 0.717) is 12.8 Å². The summed E-state index contributed by atoms with van der Waals surface area (Å²) in [6.45, 7) is 2.92. The number of carbonyl (C=O) groups excluding carboxylic acids is 2. The average molecular weight is 451 g/mol. The Labute approximate surface area is 183 Å². The van der Waals surface area contributed by atoms with E-state index in [1.54, 1.807) is 0 Å². The molecular formula is C21H38O10. The molecule has 0 aromatic rings. The summed E-state index contributed by atoms with van der Waals surface area (Å²) in [6.07, 6.45) is -2.67. The Morgan fingerprint density at radius 1 is 0.871 bits per heavy atom. The van der Waals surface area contributed by atoms with Gasteiger partial charge in [0.15, 0.2) is 6.29 Å². The molecule has 6 atom stereocenters. The minimum Gasteiger partial charge on any atom is -0.463 e. The van der Waals surface area contributed by atoms with E-state index >= 15 is 0 Å². The number of hydrogen-bond donors (Lipinski definition) is 4. The number of rotatable bonds is 15. The Bertz CT molecular complexity index is 512. The first-order chi connectivity index (χ1) is 14.8. The van der Waals surface area contributed by atoms with Crippen LogP contribution in [0.15, 0.2) is 0 Å². The second-order valence-corrected chi connectivity index (χ2v) is 7.74. The molecule has 1 fully saturated rings. The molecule has 1 saturated heterocycles. The lowest BCUT2D eigenvalue weighted by Gasteiger charge is -2.40. The van der Waals surface area contributed by atoms with Crippen molar-refractivity contribution in [1.29, 1.82) is 0 Å². The first-order valence-corrected chi connectivity index (χ1v) is 11.1. The summed E-state index contributed by atoms with van der Waals surface area (Å²) in [4.78, 5) is 23.5. The summed E-state index contributed by atoms with van der Waals surface area (Å²) < 4.78 is 21.1. The molecule has 0 radical (unpaired) electrons. The first-order valence-electron chi connectivity index (χ1n) is 11.1. The fraction of sp³-hybridized carbons (Fsp3) is 0.905. The van der Waals surface area contributed by atoms with E-state index in [9.17, 15) is 30.0 Å². The van der Waals surface area contributed by atoms with E-state index in [1.807, 2.05) is 13.8 Å². The molecule has 0 saturated carbocycles. The molecule has 0 bridgehead atoms. The van der Waals surface area contributed by atoms with Crippen LogP contribution in [0, 0.1) is 0 Å². The highest BCUT2D eigenvalue weighted by Gasteiger charge is 2.45. The van der Waals surface area contributed by atoms with Gasteiger partial charge in [-0.25, -0.2) is 0 Å². The van der Waals surface area contributed by atoms with Crippen LogP contribution in [0.1, 0.15) is 65.2 Å². The van der Waals surface area contributed by atoms with Gasteiger partial charge in [-0.2, -0.15) is 0 Å². The topological polar surface area (TPSA) is 152 Å². The van der Waals surface area contributed by atoms with Gasteiger partial charge in [0, 0.05) is 12.8 Å². The largest absolute Gasteiger partial charge is 0.463 e. The number of unbranched alkanes of at least 4 members (excludes halogenated alkanes) is 4. The van der Waals surface area contributed by atoms with Gasteiger partial charge in [0.2, 0.25) is 0 Å². The molecule has 0 aromatic heterocycles. The zero-order valence-corrected chi connectivity index (χ0v) is 18.5. The number of aliphatic hydroxyl groups is 4. The van der Waals surface area contributed by atoms with Gasteiger partial charge in [0.05, 0.1) is 6.61 Å². The lowest BCUT2D eigenvalue weighted by molar-refractivity contribution is -0.315. The first kappa shape index (κ1) is 27.7. The zero-order chi connectivity index (χ0) is 23.2. The highest BCUT2D eigenvalue weighted by molar-refractivity contribution is 5.69. The number of aliphatic hydroxyl groups excluding tert-OH is 4. The minimum atomic E-state index is -1.61. The number of ether oxygens (including phenoxy) is 4. The lowest BCUT2D eigenvalue weighted by atomic mass is 9.99. The SMILES string of the molecule is CCCCCC(=O)OC[C@H](CO)O[C@@H]1O[C@H](COC(=O)CCCCC)[C@@H](O)[C@H](O)[C@H]1O. The fourth-order valence-corrected chi connectivity index (χ4v) is 3.04. The summed E-state index contributed by atoms with van der Waals surface area (Å²) in [5.74, 6) is -0.880. The van der Waals surface area contributed by atoms with Crippen molar-refractivity contribution in [1.82, 2.24) is 0 Å². The van der Waals surface area contributed by atoms with E-state index in [2.05, 4.69) is 0 Å². The molecule has 10 nitrogen and oxygen atoms in total. The van der Waals surface area contributed by atoms with Crippen molar-refractivity contribution in [2.24, 2.45) is 0 Å². The molecule has 0 aliphatic carbocycles. The lowest BCUT2D eigenvalue weighted by Crippen LogP contribution is -2.60. The molecule has 1 aliphatic heterocycles. The van der Waals surface area contributed by atoms with Crippen molar-refractivity contribution in [3.63, 3.8) is 0 Å². The van der Waals surface area contributed by atoms with Gasteiger partial charge >= 0.3 is 11.9 Å². The van der Waals surface area contributed by atoms with Crippen LogP contribution in [-0.4, -0.2) is 89.0 Å². The van der Waals surface area contributed by atoms with Crippen LogP contribution in [0.25, 0.3) is 0 Å². The van der Waals surface area contributed by atoms with Gasteiger partial charge in [-0.1, -0.05) is 39.5 Å². The van der Waals surface area contributed by atoms with Gasteiger partial charge in [0.1, 0.15) is 43.7 Å². The van der Waals surface area contributed by atoms with Gasteiger partial charge in [0.25, 0.3) is 0 Å². The highest BCUT2D eigenvalue weighted by Crippen LogP contribution is 2.23. The smallest absolute Gasteiger partial charge is 0.305 e. The van der Waals surface area contributed by atoms with Gasteiger partial charge in [-0.3, -0.25) is 9.59 Å². The van der Waals surface area contributed by atoms with E-state index in [1.165, 1.54) is 0 Å². The monoisotopic (exact) mass is 450 g/mol.